The lowest BCUT2D eigenvalue weighted by molar-refractivity contribution is -0.121. The van der Waals surface area contributed by atoms with E-state index >= 15 is 0 Å². The van der Waals surface area contributed by atoms with Crippen molar-refractivity contribution in [1.82, 2.24) is 4.90 Å². The summed E-state index contributed by atoms with van der Waals surface area (Å²) < 4.78 is 5.47. The number of nitrogens with zero attached hydrogens (tertiary/aromatic N) is 1. The number of thioether (sulfide) groups is 1. The van der Waals surface area contributed by atoms with Crippen LogP contribution in [-0.2, 0) is 4.79 Å². The highest BCUT2D eigenvalue weighted by atomic mass is 35.5. The first-order valence-electron chi connectivity index (χ1n) is 5.67. The third-order valence-electron chi connectivity index (χ3n) is 2.54. The Morgan fingerprint density at radius 2 is 2.16 bits per heavy atom. The first-order chi connectivity index (χ1) is 9.02. The Bertz CT molecular complexity index is 571. The van der Waals surface area contributed by atoms with Crippen LogP contribution in [-0.4, -0.2) is 29.7 Å². The van der Waals surface area contributed by atoms with Gasteiger partial charge in [-0.05, 0) is 43.0 Å². The summed E-state index contributed by atoms with van der Waals surface area (Å²) in [6, 6.07) is 5.17. The predicted octanol–water partition coefficient (Wildman–Crippen LogP) is 3.40. The van der Waals surface area contributed by atoms with Gasteiger partial charge in [-0.2, -0.15) is 0 Å². The minimum atomic E-state index is -0.308. The molecule has 0 N–H and O–H groups in total. The van der Waals surface area contributed by atoms with Gasteiger partial charge in [-0.25, -0.2) is 0 Å². The van der Waals surface area contributed by atoms with Crippen molar-refractivity contribution >= 4 is 40.6 Å². The first kappa shape index (κ1) is 14.0. The van der Waals surface area contributed by atoms with Crippen molar-refractivity contribution in [3.63, 3.8) is 0 Å². The van der Waals surface area contributed by atoms with Crippen molar-refractivity contribution in [2.45, 2.75) is 6.92 Å². The number of rotatable bonds is 3. The largest absolute Gasteiger partial charge is 0.493 e. The van der Waals surface area contributed by atoms with Gasteiger partial charge in [0, 0.05) is 17.6 Å². The van der Waals surface area contributed by atoms with Crippen LogP contribution in [0.5, 0.6) is 5.75 Å². The highest BCUT2D eigenvalue weighted by Gasteiger charge is 2.31. The molecule has 2 amide bonds. The number of benzene rings is 1. The molecule has 4 nitrogen and oxygen atoms in total. The van der Waals surface area contributed by atoms with E-state index in [4.69, 9.17) is 16.3 Å². The summed E-state index contributed by atoms with van der Waals surface area (Å²) in [6.07, 6.45) is 1.63. The topological polar surface area (TPSA) is 46.6 Å². The fourth-order valence-electron chi connectivity index (χ4n) is 1.61. The summed E-state index contributed by atoms with van der Waals surface area (Å²) in [7, 11) is 1.46. The Balaban J connectivity index is 2.40. The lowest BCUT2D eigenvalue weighted by atomic mass is 10.2. The SMILES string of the molecule is CCOc1ccc(Cl)cc1/C=C1/SC(=O)N(C)C1=O. The fourth-order valence-corrected chi connectivity index (χ4v) is 2.60. The number of carbonyl (C=O) groups is 2. The quantitative estimate of drug-likeness (QED) is 0.802. The number of amides is 2. The summed E-state index contributed by atoms with van der Waals surface area (Å²) >= 11 is 6.85. The van der Waals surface area contributed by atoms with Gasteiger partial charge in [0.25, 0.3) is 11.1 Å². The molecule has 1 aromatic carbocycles. The number of ether oxygens (including phenoxy) is 1. The molecule has 19 heavy (non-hydrogen) atoms. The number of likely N-dealkylation sites (N-methyl/N-ethyl adjacent to an activating group) is 1. The molecule has 6 heteroatoms. The van der Waals surface area contributed by atoms with Gasteiger partial charge in [-0.1, -0.05) is 11.6 Å². The zero-order valence-electron chi connectivity index (χ0n) is 10.5. The number of imide groups is 1. The van der Waals surface area contributed by atoms with Crippen molar-refractivity contribution in [2.75, 3.05) is 13.7 Å². The standard InChI is InChI=1S/C13H12ClNO3S/c1-3-18-10-5-4-9(14)6-8(10)7-11-12(16)15(2)13(17)19-11/h4-7H,3H2,1-2H3/b11-7+. The van der Waals surface area contributed by atoms with Crippen LogP contribution in [0.15, 0.2) is 23.1 Å². The summed E-state index contributed by atoms with van der Waals surface area (Å²) in [6.45, 7) is 2.38. The molecular weight excluding hydrogens is 286 g/mol. The van der Waals surface area contributed by atoms with E-state index in [0.717, 1.165) is 16.7 Å². The molecule has 1 aliphatic rings. The van der Waals surface area contributed by atoms with Gasteiger partial charge < -0.3 is 4.74 Å². The lowest BCUT2D eigenvalue weighted by Gasteiger charge is -2.08. The second kappa shape index (κ2) is 5.67. The molecular formula is C13H12ClNO3S. The monoisotopic (exact) mass is 297 g/mol. The van der Waals surface area contributed by atoms with E-state index in [-0.39, 0.29) is 11.1 Å². The summed E-state index contributed by atoms with van der Waals surface area (Å²) in [5.74, 6) is 0.326. The first-order valence-corrected chi connectivity index (χ1v) is 6.86. The fraction of sp³-hybridized carbons (Fsp3) is 0.231. The summed E-state index contributed by atoms with van der Waals surface area (Å²) in [4.78, 5) is 24.7. The molecule has 100 valence electrons. The molecule has 0 radical (unpaired) electrons. The zero-order valence-corrected chi connectivity index (χ0v) is 12.0. The van der Waals surface area contributed by atoms with E-state index in [1.165, 1.54) is 7.05 Å². The average Bonchev–Trinajstić information content (AvgIpc) is 2.61. The minimum absolute atomic E-state index is 0.281. The molecule has 0 spiro atoms. The zero-order chi connectivity index (χ0) is 14.0. The van der Waals surface area contributed by atoms with Gasteiger partial charge in [0.2, 0.25) is 0 Å². The van der Waals surface area contributed by atoms with E-state index < -0.39 is 0 Å². The van der Waals surface area contributed by atoms with Crippen LogP contribution in [0.4, 0.5) is 4.79 Å². The lowest BCUT2D eigenvalue weighted by Crippen LogP contribution is -2.22. The van der Waals surface area contributed by atoms with Gasteiger partial charge in [0.1, 0.15) is 5.75 Å². The van der Waals surface area contributed by atoms with Gasteiger partial charge in [-0.3, -0.25) is 14.5 Å². The van der Waals surface area contributed by atoms with E-state index in [0.29, 0.717) is 27.8 Å². The van der Waals surface area contributed by atoms with E-state index in [1.807, 2.05) is 6.92 Å². The van der Waals surface area contributed by atoms with Gasteiger partial charge in [0.05, 0.1) is 11.5 Å². The van der Waals surface area contributed by atoms with E-state index in [2.05, 4.69) is 0 Å². The Labute approximate surface area is 120 Å². The maximum absolute atomic E-state index is 11.8. The Morgan fingerprint density at radius 1 is 1.42 bits per heavy atom. The van der Waals surface area contributed by atoms with Crippen LogP contribution >= 0.6 is 23.4 Å². The summed E-state index contributed by atoms with van der Waals surface area (Å²) in [5, 5.41) is 0.265. The molecule has 0 atom stereocenters. The summed E-state index contributed by atoms with van der Waals surface area (Å²) in [5.41, 5.74) is 0.688. The van der Waals surface area contributed by atoms with Crippen LogP contribution in [0.1, 0.15) is 12.5 Å². The molecule has 0 saturated carbocycles. The van der Waals surface area contributed by atoms with Crippen molar-refractivity contribution in [2.24, 2.45) is 0 Å². The minimum Gasteiger partial charge on any atom is -0.493 e. The van der Waals surface area contributed by atoms with Crippen LogP contribution in [0.3, 0.4) is 0 Å². The van der Waals surface area contributed by atoms with Crippen molar-refractivity contribution in [1.29, 1.82) is 0 Å². The Hall–Kier alpha value is -1.46. The van der Waals surface area contributed by atoms with Crippen LogP contribution in [0.25, 0.3) is 6.08 Å². The molecule has 1 aliphatic heterocycles. The third-order valence-corrected chi connectivity index (χ3v) is 3.74. The molecule has 1 saturated heterocycles. The third kappa shape index (κ3) is 2.93. The Morgan fingerprint density at radius 3 is 2.74 bits per heavy atom. The van der Waals surface area contributed by atoms with Crippen molar-refractivity contribution in [3.8, 4) is 5.75 Å². The van der Waals surface area contributed by atoms with E-state index in [1.54, 1.807) is 24.3 Å². The van der Waals surface area contributed by atoms with Gasteiger partial charge in [0.15, 0.2) is 0 Å². The number of hydrogen-bond donors (Lipinski definition) is 0. The highest BCUT2D eigenvalue weighted by molar-refractivity contribution is 8.18. The second-order valence-electron chi connectivity index (χ2n) is 3.86. The molecule has 0 unspecified atom stereocenters. The predicted molar refractivity (Wildman–Crippen MR) is 76.4 cm³/mol. The molecule has 1 fully saturated rings. The smallest absolute Gasteiger partial charge is 0.293 e. The van der Waals surface area contributed by atoms with Crippen LogP contribution in [0.2, 0.25) is 5.02 Å². The number of carbonyl (C=O) groups excluding carboxylic acids is 2. The van der Waals surface area contributed by atoms with Crippen LogP contribution in [0, 0.1) is 0 Å². The molecule has 0 aliphatic carbocycles. The van der Waals surface area contributed by atoms with E-state index in [9.17, 15) is 9.59 Å². The Kier molecular flexibility index (Phi) is 4.17. The second-order valence-corrected chi connectivity index (χ2v) is 5.29. The average molecular weight is 298 g/mol. The van der Waals surface area contributed by atoms with Gasteiger partial charge in [-0.15, -0.1) is 0 Å². The highest BCUT2D eigenvalue weighted by Crippen LogP contribution is 2.33. The number of hydrogen-bond acceptors (Lipinski definition) is 4. The normalized spacial score (nSPS) is 17.4. The van der Waals surface area contributed by atoms with Gasteiger partial charge >= 0.3 is 0 Å². The molecule has 1 heterocycles. The molecule has 2 rings (SSSR count). The molecule has 1 aromatic rings. The maximum atomic E-state index is 11.8. The molecule has 0 aromatic heterocycles. The van der Waals surface area contributed by atoms with Crippen LogP contribution < -0.4 is 4.74 Å². The number of halogens is 1. The maximum Gasteiger partial charge on any atom is 0.293 e. The van der Waals surface area contributed by atoms with Crippen molar-refractivity contribution in [3.05, 3.63) is 33.7 Å². The molecule has 0 bridgehead atoms. The van der Waals surface area contributed by atoms with Crippen molar-refractivity contribution < 1.29 is 14.3 Å².